The van der Waals surface area contributed by atoms with Gasteiger partial charge in [0.15, 0.2) is 5.16 Å². The van der Waals surface area contributed by atoms with Gasteiger partial charge in [0, 0.05) is 5.69 Å². The smallest absolute Gasteiger partial charge is 0.240 e. The Hall–Kier alpha value is -2.69. The topological polar surface area (TPSA) is 106 Å². The fourth-order valence-electron chi connectivity index (χ4n) is 2.82. The number of benzene rings is 2. The molecule has 0 aliphatic carbocycles. The van der Waals surface area contributed by atoms with Gasteiger partial charge in [-0.05, 0) is 44.2 Å². The van der Waals surface area contributed by atoms with Crippen molar-refractivity contribution in [2.45, 2.75) is 30.4 Å². The molecule has 2 N–H and O–H groups in total. The number of amides is 1. The Bertz CT molecular complexity index is 1140. The van der Waals surface area contributed by atoms with Crippen molar-refractivity contribution in [3.63, 3.8) is 0 Å². The highest BCUT2D eigenvalue weighted by atomic mass is 32.2. The summed E-state index contributed by atoms with van der Waals surface area (Å²) in [6.45, 7) is 4.19. The molecule has 3 rings (SSSR count). The van der Waals surface area contributed by atoms with Crippen LogP contribution < -0.4 is 10.0 Å². The fraction of sp³-hybridized carbons (Fsp3) is 0.250. The molecule has 0 spiro atoms. The lowest BCUT2D eigenvalue weighted by atomic mass is 10.2. The summed E-state index contributed by atoms with van der Waals surface area (Å²) in [6, 6.07) is 14.7. The van der Waals surface area contributed by atoms with Crippen molar-refractivity contribution in [3.05, 3.63) is 65.5 Å². The lowest BCUT2D eigenvalue weighted by Gasteiger charge is -2.11. The van der Waals surface area contributed by atoms with Crippen molar-refractivity contribution < 1.29 is 13.2 Å². The van der Waals surface area contributed by atoms with E-state index in [4.69, 9.17) is 0 Å². The molecule has 0 atom stereocenters. The van der Waals surface area contributed by atoms with Gasteiger partial charge in [-0.25, -0.2) is 13.1 Å². The molecule has 8 nitrogen and oxygen atoms in total. The van der Waals surface area contributed by atoms with Gasteiger partial charge < -0.3 is 9.88 Å². The molecule has 0 fully saturated rings. The molecule has 10 heteroatoms. The lowest BCUT2D eigenvalue weighted by molar-refractivity contribution is -0.113. The Kier molecular flexibility index (Phi) is 6.91. The maximum absolute atomic E-state index is 12.4. The first-order valence-electron chi connectivity index (χ1n) is 9.20. The molecular formula is C20H23N5O3S2. The van der Waals surface area contributed by atoms with Gasteiger partial charge >= 0.3 is 0 Å². The minimum Gasteiger partial charge on any atom is -0.325 e. The SMILES string of the molecule is CNS(=O)(=O)c1cc(NC(=O)CSc2nnc(C)n2Cc2ccccc2)ccc1C. The second-order valence-electron chi connectivity index (χ2n) is 6.63. The van der Waals surface area contributed by atoms with Gasteiger partial charge in [0.05, 0.1) is 17.2 Å². The van der Waals surface area contributed by atoms with Gasteiger partial charge in [0.2, 0.25) is 15.9 Å². The number of carbonyl (C=O) groups excluding carboxylic acids is 1. The number of aromatic nitrogens is 3. The molecule has 0 aliphatic rings. The normalized spacial score (nSPS) is 11.4. The largest absolute Gasteiger partial charge is 0.325 e. The number of thioether (sulfide) groups is 1. The van der Waals surface area contributed by atoms with Crippen molar-refractivity contribution >= 4 is 33.4 Å². The first-order valence-corrected chi connectivity index (χ1v) is 11.7. The maximum Gasteiger partial charge on any atom is 0.240 e. The molecule has 3 aromatic rings. The summed E-state index contributed by atoms with van der Waals surface area (Å²) in [4.78, 5) is 12.6. The third-order valence-electron chi connectivity index (χ3n) is 4.45. The van der Waals surface area contributed by atoms with E-state index in [1.165, 1.54) is 24.9 Å². The van der Waals surface area contributed by atoms with E-state index in [1.54, 1.807) is 19.1 Å². The number of nitrogens with one attached hydrogen (secondary N) is 2. The van der Waals surface area contributed by atoms with Gasteiger partial charge in [0.1, 0.15) is 5.82 Å². The first-order chi connectivity index (χ1) is 14.3. The van der Waals surface area contributed by atoms with Crippen molar-refractivity contribution in [2.75, 3.05) is 18.1 Å². The Balaban J connectivity index is 1.67. The summed E-state index contributed by atoms with van der Waals surface area (Å²) in [5.41, 5.74) is 2.13. The van der Waals surface area contributed by atoms with Gasteiger partial charge in [-0.15, -0.1) is 10.2 Å². The second kappa shape index (κ2) is 9.41. The summed E-state index contributed by atoms with van der Waals surface area (Å²) in [5, 5.41) is 11.7. The van der Waals surface area contributed by atoms with E-state index in [0.717, 1.165) is 11.4 Å². The van der Waals surface area contributed by atoms with Gasteiger partial charge in [0.25, 0.3) is 0 Å². The third kappa shape index (κ3) is 5.26. The van der Waals surface area contributed by atoms with Crippen molar-refractivity contribution in [2.24, 2.45) is 0 Å². The van der Waals surface area contributed by atoms with Crippen LogP contribution in [0, 0.1) is 13.8 Å². The van der Waals surface area contributed by atoms with Crippen LogP contribution in [0.25, 0.3) is 0 Å². The Morgan fingerprint density at radius 2 is 1.83 bits per heavy atom. The summed E-state index contributed by atoms with van der Waals surface area (Å²) in [7, 11) is -2.25. The molecule has 0 radical (unpaired) electrons. The van der Waals surface area contributed by atoms with Crippen LogP contribution >= 0.6 is 11.8 Å². The monoisotopic (exact) mass is 445 g/mol. The molecule has 0 aliphatic heterocycles. The molecule has 0 bridgehead atoms. The third-order valence-corrected chi connectivity index (χ3v) is 6.97. The zero-order valence-corrected chi connectivity index (χ0v) is 18.5. The molecule has 158 valence electrons. The average Bonchev–Trinajstić information content (AvgIpc) is 3.08. The van der Waals surface area contributed by atoms with Crippen LogP contribution in [-0.4, -0.2) is 41.9 Å². The molecule has 0 unspecified atom stereocenters. The van der Waals surface area contributed by atoms with E-state index in [0.29, 0.717) is 23.0 Å². The summed E-state index contributed by atoms with van der Waals surface area (Å²) in [5.74, 6) is 0.625. The number of anilines is 1. The van der Waals surface area contributed by atoms with Gasteiger partial charge in [-0.3, -0.25) is 4.79 Å². The van der Waals surface area contributed by atoms with Crippen LogP contribution in [-0.2, 0) is 21.4 Å². The van der Waals surface area contributed by atoms with E-state index in [2.05, 4.69) is 20.2 Å². The number of hydrogen-bond donors (Lipinski definition) is 2. The lowest BCUT2D eigenvalue weighted by Crippen LogP contribution is -2.20. The Morgan fingerprint density at radius 1 is 1.10 bits per heavy atom. The fourth-order valence-corrected chi connectivity index (χ4v) is 4.60. The number of hydrogen-bond acceptors (Lipinski definition) is 6. The molecule has 1 aromatic heterocycles. The van der Waals surface area contributed by atoms with Crippen LogP contribution in [0.4, 0.5) is 5.69 Å². The highest BCUT2D eigenvalue weighted by Gasteiger charge is 2.16. The van der Waals surface area contributed by atoms with Crippen molar-refractivity contribution in [1.29, 1.82) is 0 Å². The molecule has 1 heterocycles. The zero-order valence-electron chi connectivity index (χ0n) is 16.9. The summed E-state index contributed by atoms with van der Waals surface area (Å²) >= 11 is 1.28. The first kappa shape index (κ1) is 22.0. The summed E-state index contributed by atoms with van der Waals surface area (Å²) in [6.07, 6.45) is 0. The van der Waals surface area contributed by atoms with Crippen molar-refractivity contribution in [3.8, 4) is 0 Å². The second-order valence-corrected chi connectivity index (χ2v) is 9.42. The van der Waals surface area contributed by atoms with Crippen LogP contribution in [0.15, 0.2) is 58.6 Å². The highest BCUT2D eigenvalue weighted by molar-refractivity contribution is 7.99. The Morgan fingerprint density at radius 3 is 2.53 bits per heavy atom. The van der Waals surface area contributed by atoms with E-state index in [-0.39, 0.29) is 16.6 Å². The van der Waals surface area contributed by atoms with Crippen LogP contribution in [0.2, 0.25) is 0 Å². The van der Waals surface area contributed by atoms with Gasteiger partial charge in [-0.1, -0.05) is 48.2 Å². The quantitative estimate of drug-likeness (QED) is 0.516. The number of nitrogens with zero attached hydrogens (tertiary/aromatic N) is 3. The van der Waals surface area contributed by atoms with E-state index < -0.39 is 10.0 Å². The standard InChI is InChI=1S/C20H23N5O3S2/c1-14-9-10-17(11-18(14)30(27,28)21-3)22-19(26)13-29-20-24-23-15(2)25(20)12-16-7-5-4-6-8-16/h4-11,21H,12-13H2,1-3H3,(H,22,26). The van der Waals surface area contributed by atoms with Crippen LogP contribution in [0.1, 0.15) is 17.0 Å². The maximum atomic E-state index is 12.4. The van der Waals surface area contributed by atoms with Crippen LogP contribution in [0.3, 0.4) is 0 Å². The molecular weight excluding hydrogens is 422 g/mol. The predicted octanol–water partition coefficient (Wildman–Crippen LogP) is 2.58. The number of aryl methyl sites for hydroxylation is 2. The van der Waals surface area contributed by atoms with E-state index in [9.17, 15) is 13.2 Å². The average molecular weight is 446 g/mol. The van der Waals surface area contributed by atoms with E-state index in [1.807, 2.05) is 41.8 Å². The minimum atomic E-state index is -3.60. The highest BCUT2D eigenvalue weighted by Crippen LogP contribution is 2.22. The van der Waals surface area contributed by atoms with Gasteiger partial charge in [-0.2, -0.15) is 0 Å². The van der Waals surface area contributed by atoms with E-state index >= 15 is 0 Å². The van der Waals surface area contributed by atoms with Crippen LogP contribution in [0.5, 0.6) is 0 Å². The summed E-state index contributed by atoms with van der Waals surface area (Å²) < 4.78 is 28.5. The number of sulfonamides is 1. The Labute approximate surface area is 180 Å². The molecule has 2 aromatic carbocycles. The minimum absolute atomic E-state index is 0.120. The van der Waals surface area contributed by atoms with Crippen molar-refractivity contribution in [1.82, 2.24) is 19.5 Å². The zero-order chi connectivity index (χ0) is 21.7. The number of carbonyl (C=O) groups is 1. The molecule has 0 saturated heterocycles. The predicted molar refractivity (Wildman–Crippen MR) is 117 cm³/mol. The molecule has 30 heavy (non-hydrogen) atoms. The molecule has 0 saturated carbocycles. The molecule has 1 amide bonds. The number of rotatable bonds is 8.